The minimum absolute atomic E-state index is 0. The maximum absolute atomic E-state index is 12.4. The van der Waals surface area contributed by atoms with E-state index in [0.717, 1.165) is 25.7 Å². The van der Waals surface area contributed by atoms with Crippen molar-refractivity contribution < 1.29 is 18.0 Å². The highest BCUT2D eigenvalue weighted by Gasteiger charge is 2.41. The zero-order valence-corrected chi connectivity index (χ0v) is 10.1. The summed E-state index contributed by atoms with van der Waals surface area (Å²) in [7, 11) is 0. The molecule has 1 aliphatic carbocycles. The Bertz CT molecular complexity index is 285. The molecule has 1 N–H and O–H groups in total. The number of nitrogens with zero attached hydrogens (tertiary/aromatic N) is 1. The highest BCUT2D eigenvalue weighted by molar-refractivity contribution is 5.85. The number of alkyl halides is 3. The van der Waals surface area contributed by atoms with E-state index >= 15 is 0 Å². The van der Waals surface area contributed by atoms with E-state index in [1.807, 2.05) is 0 Å². The van der Waals surface area contributed by atoms with Crippen molar-refractivity contribution in [2.24, 2.45) is 0 Å². The summed E-state index contributed by atoms with van der Waals surface area (Å²) in [6, 6.07) is -0.217. The first-order valence-corrected chi connectivity index (χ1v) is 5.56. The van der Waals surface area contributed by atoms with E-state index in [0.29, 0.717) is 0 Å². The first kappa shape index (κ1) is 14.6. The predicted octanol–water partition coefficient (Wildman–Crippen LogP) is 1.71. The lowest BCUT2D eigenvalue weighted by molar-refractivity contribution is -0.161. The third-order valence-electron chi connectivity index (χ3n) is 3.27. The van der Waals surface area contributed by atoms with Crippen molar-refractivity contribution in [3.05, 3.63) is 0 Å². The van der Waals surface area contributed by atoms with Crippen LogP contribution in [-0.4, -0.2) is 42.2 Å². The van der Waals surface area contributed by atoms with Crippen LogP contribution in [0.4, 0.5) is 13.2 Å². The number of hydrogen-bond acceptors (Lipinski definition) is 2. The molecule has 2 atom stereocenters. The van der Waals surface area contributed by atoms with Gasteiger partial charge in [-0.1, -0.05) is 12.8 Å². The molecule has 0 radical (unpaired) electrons. The normalized spacial score (nSPS) is 30.2. The van der Waals surface area contributed by atoms with Crippen LogP contribution in [-0.2, 0) is 4.79 Å². The summed E-state index contributed by atoms with van der Waals surface area (Å²) >= 11 is 0. The molecule has 2 unspecified atom stereocenters. The molecule has 2 aliphatic rings. The molecule has 1 saturated carbocycles. The molecule has 2 rings (SSSR count). The van der Waals surface area contributed by atoms with Crippen LogP contribution in [0.25, 0.3) is 0 Å². The standard InChI is InChI=1S/C10H15F3N2O.ClH/c11-10(12,13)6-15-5-9(16)14-7-3-1-2-4-8(7)15;/h7-8H,1-6H2,(H,14,16);1H. The fraction of sp³-hybridized carbons (Fsp3) is 0.900. The summed E-state index contributed by atoms with van der Waals surface area (Å²) in [5.41, 5.74) is 0. The Labute approximate surface area is 104 Å². The van der Waals surface area contributed by atoms with E-state index in [2.05, 4.69) is 5.32 Å². The molecule has 0 aromatic heterocycles. The third kappa shape index (κ3) is 3.74. The van der Waals surface area contributed by atoms with Crippen molar-refractivity contribution in [2.75, 3.05) is 13.1 Å². The van der Waals surface area contributed by atoms with Gasteiger partial charge in [-0.15, -0.1) is 12.4 Å². The van der Waals surface area contributed by atoms with Crippen LogP contribution >= 0.6 is 12.4 Å². The fourth-order valence-corrected chi connectivity index (χ4v) is 2.67. The molecule has 100 valence electrons. The average molecular weight is 273 g/mol. The number of nitrogens with one attached hydrogen (secondary N) is 1. The van der Waals surface area contributed by atoms with Gasteiger partial charge in [0.15, 0.2) is 0 Å². The number of carbonyl (C=O) groups is 1. The molecule has 7 heteroatoms. The summed E-state index contributed by atoms with van der Waals surface area (Å²) in [6.07, 6.45) is -0.738. The van der Waals surface area contributed by atoms with E-state index in [4.69, 9.17) is 0 Å². The SMILES string of the molecule is Cl.O=C1CN(CC(F)(F)F)C2CCCCC2N1. The molecular formula is C10H16ClF3N2O. The van der Waals surface area contributed by atoms with Gasteiger partial charge in [0.25, 0.3) is 0 Å². The molecule has 2 fully saturated rings. The average Bonchev–Trinajstić information content (AvgIpc) is 2.14. The van der Waals surface area contributed by atoms with Crippen molar-refractivity contribution in [1.82, 2.24) is 10.2 Å². The molecule has 17 heavy (non-hydrogen) atoms. The second-order valence-corrected chi connectivity index (χ2v) is 4.55. The predicted molar refractivity (Wildman–Crippen MR) is 59.1 cm³/mol. The largest absolute Gasteiger partial charge is 0.401 e. The summed E-state index contributed by atoms with van der Waals surface area (Å²) in [6.45, 7) is -1.09. The molecule has 1 amide bonds. The van der Waals surface area contributed by atoms with E-state index in [-0.39, 0.29) is 36.9 Å². The van der Waals surface area contributed by atoms with E-state index in [9.17, 15) is 18.0 Å². The van der Waals surface area contributed by atoms with E-state index in [1.165, 1.54) is 4.90 Å². The number of halogens is 4. The summed E-state index contributed by atoms with van der Waals surface area (Å²) in [5, 5.41) is 2.79. The van der Waals surface area contributed by atoms with Gasteiger partial charge in [0.2, 0.25) is 5.91 Å². The second kappa shape index (κ2) is 5.44. The monoisotopic (exact) mass is 272 g/mol. The van der Waals surface area contributed by atoms with Crippen LogP contribution in [0.5, 0.6) is 0 Å². The smallest absolute Gasteiger partial charge is 0.351 e. The summed E-state index contributed by atoms with van der Waals surface area (Å²) < 4.78 is 37.1. The number of carbonyl (C=O) groups excluding carboxylic acids is 1. The lowest BCUT2D eigenvalue weighted by atomic mass is 9.87. The molecule has 3 nitrogen and oxygen atoms in total. The Kier molecular flexibility index (Phi) is 4.66. The first-order valence-electron chi connectivity index (χ1n) is 5.56. The van der Waals surface area contributed by atoms with Crippen LogP contribution in [0.1, 0.15) is 25.7 Å². The van der Waals surface area contributed by atoms with Gasteiger partial charge >= 0.3 is 6.18 Å². The molecule has 0 spiro atoms. The van der Waals surface area contributed by atoms with Gasteiger partial charge in [-0.25, -0.2) is 0 Å². The maximum atomic E-state index is 12.4. The molecule has 0 aromatic rings. The molecule has 0 aromatic carbocycles. The highest BCUT2D eigenvalue weighted by Crippen LogP contribution is 2.28. The Morgan fingerprint density at radius 3 is 2.59 bits per heavy atom. The van der Waals surface area contributed by atoms with Crippen LogP contribution in [0, 0.1) is 0 Å². The lowest BCUT2D eigenvalue weighted by Gasteiger charge is -2.44. The Balaban J connectivity index is 0.00000144. The number of rotatable bonds is 1. The minimum atomic E-state index is -4.22. The van der Waals surface area contributed by atoms with Gasteiger partial charge in [-0.2, -0.15) is 13.2 Å². The first-order chi connectivity index (χ1) is 7.46. The number of hydrogen-bond donors (Lipinski definition) is 1. The van der Waals surface area contributed by atoms with Crippen LogP contribution in [0.2, 0.25) is 0 Å². The Morgan fingerprint density at radius 1 is 1.29 bits per heavy atom. The third-order valence-corrected chi connectivity index (χ3v) is 3.27. The van der Waals surface area contributed by atoms with E-state index < -0.39 is 12.7 Å². The maximum Gasteiger partial charge on any atom is 0.401 e. The van der Waals surface area contributed by atoms with Crippen LogP contribution in [0.15, 0.2) is 0 Å². The molecule has 1 heterocycles. The molecule has 0 bridgehead atoms. The van der Waals surface area contributed by atoms with Gasteiger partial charge in [0.1, 0.15) is 0 Å². The Morgan fingerprint density at radius 2 is 1.94 bits per heavy atom. The number of piperazine rings is 1. The van der Waals surface area contributed by atoms with Gasteiger partial charge < -0.3 is 5.32 Å². The second-order valence-electron chi connectivity index (χ2n) is 4.55. The highest BCUT2D eigenvalue weighted by atomic mass is 35.5. The van der Waals surface area contributed by atoms with E-state index in [1.54, 1.807) is 0 Å². The fourth-order valence-electron chi connectivity index (χ4n) is 2.67. The molecular weight excluding hydrogens is 257 g/mol. The summed E-state index contributed by atoms with van der Waals surface area (Å²) in [5.74, 6) is -0.285. The summed E-state index contributed by atoms with van der Waals surface area (Å²) in [4.78, 5) is 12.6. The Hall–Kier alpha value is -0.490. The van der Waals surface area contributed by atoms with Crippen LogP contribution in [0.3, 0.4) is 0 Å². The topological polar surface area (TPSA) is 32.3 Å². The van der Waals surface area contributed by atoms with Gasteiger partial charge in [-0.05, 0) is 12.8 Å². The van der Waals surface area contributed by atoms with Gasteiger partial charge in [0, 0.05) is 12.1 Å². The number of fused-ring (bicyclic) bond motifs is 1. The number of amides is 1. The van der Waals surface area contributed by atoms with Gasteiger partial charge in [0.05, 0.1) is 13.1 Å². The zero-order valence-electron chi connectivity index (χ0n) is 9.29. The van der Waals surface area contributed by atoms with Crippen LogP contribution < -0.4 is 5.32 Å². The van der Waals surface area contributed by atoms with Crippen molar-refractivity contribution >= 4 is 18.3 Å². The molecule has 1 aliphatic heterocycles. The quantitative estimate of drug-likeness (QED) is 0.788. The van der Waals surface area contributed by atoms with Gasteiger partial charge in [-0.3, -0.25) is 9.69 Å². The zero-order chi connectivity index (χ0) is 11.8. The van der Waals surface area contributed by atoms with Crippen molar-refractivity contribution in [1.29, 1.82) is 0 Å². The minimum Gasteiger partial charge on any atom is -0.351 e. The lowest BCUT2D eigenvalue weighted by Crippen LogP contribution is -2.62. The van der Waals surface area contributed by atoms with Crippen molar-refractivity contribution in [3.63, 3.8) is 0 Å². The van der Waals surface area contributed by atoms with Crippen molar-refractivity contribution in [2.45, 2.75) is 43.9 Å². The van der Waals surface area contributed by atoms with Crippen molar-refractivity contribution in [3.8, 4) is 0 Å². The molecule has 1 saturated heterocycles.